The van der Waals surface area contributed by atoms with Crippen LogP contribution in [0.25, 0.3) is 0 Å². The summed E-state index contributed by atoms with van der Waals surface area (Å²) in [5.74, 6) is 0.715. The monoisotopic (exact) mass is 504 g/mol. The predicted octanol–water partition coefficient (Wildman–Crippen LogP) is 4.84. The van der Waals surface area contributed by atoms with Gasteiger partial charge in [0.25, 0.3) is 0 Å². The van der Waals surface area contributed by atoms with Crippen molar-refractivity contribution in [2.24, 2.45) is 46.3 Å². The van der Waals surface area contributed by atoms with Crippen LogP contribution in [0.4, 0.5) is 0 Å². The molecule has 0 radical (unpaired) electrons. The molecule has 2 heterocycles. The smallest absolute Gasteiger partial charge is 0.302 e. The fourth-order valence-corrected chi connectivity index (χ4v) is 11.0. The van der Waals surface area contributed by atoms with Crippen molar-refractivity contribution in [2.45, 2.75) is 135 Å². The Kier molecular flexibility index (Phi) is 5.47. The molecule has 0 aromatic carbocycles. The molecule has 1 unspecified atom stereocenters. The van der Waals surface area contributed by atoms with E-state index in [0.29, 0.717) is 36.5 Å². The molecule has 36 heavy (non-hydrogen) atoms. The Morgan fingerprint density at radius 1 is 1.00 bits per heavy atom. The molecule has 0 aromatic rings. The number of carbonyl (C=O) groups excluding carboxylic acids is 1. The Morgan fingerprint density at radius 2 is 1.72 bits per heavy atom. The third-order valence-electron chi connectivity index (χ3n) is 12.8. The van der Waals surface area contributed by atoms with Gasteiger partial charge in [0.2, 0.25) is 0 Å². The van der Waals surface area contributed by atoms with E-state index in [0.717, 1.165) is 38.5 Å². The van der Waals surface area contributed by atoms with Crippen molar-refractivity contribution in [3.8, 4) is 0 Å². The molecule has 0 bridgehead atoms. The lowest BCUT2D eigenvalue weighted by Gasteiger charge is -2.63. The van der Waals surface area contributed by atoms with Crippen molar-refractivity contribution < 1.29 is 29.2 Å². The molecule has 0 amide bonds. The molecule has 0 aromatic heterocycles. The molecule has 13 atom stereocenters. The molecule has 6 fully saturated rings. The second-order valence-corrected chi connectivity index (χ2v) is 14.9. The van der Waals surface area contributed by atoms with Gasteiger partial charge >= 0.3 is 5.97 Å². The van der Waals surface area contributed by atoms with E-state index < -0.39 is 11.4 Å². The number of carbonyl (C=O) groups is 1. The van der Waals surface area contributed by atoms with Gasteiger partial charge in [-0.3, -0.25) is 4.79 Å². The molecule has 4 saturated carbocycles. The normalized spacial score (nSPS) is 59.2. The highest BCUT2D eigenvalue weighted by Gasteiger charge is 2.77. The van der Waals surface area contributed by atoms with Crippen LogP contribution >= 0.6 is 0 Å². The van der Waals surface area contributed by atoms with Gasteiger partial charge in [0.1, 0.15) is 11.7 Å². The van der Waals surface area contributed by atoms with Gasteiger partial charge in [-0.15, -0.1) is 0 Å². The standard InChI is InChI=1S/C30H48O6/c1-16-14-30(36-26(16,3)4)29(7,33)25-23(35-30)13-21-20-9-8-18-12-19(34-17(2)31)10-11-27(18,5)24(20)22(32)15-28(21,25)6/h16,18-25,32-33H,8-15H2,1-7H3/t16-,18?,19+,20-,21-,22-,23-,24+,25-,27-,28-,29+,30+/m0/s1. The zero-order valence-electron chi connectivity index (χ0n) is 23.4. The SMILES string of the molecule is CC(=O)O[C@@H]1CC[C@@]2(C)C(CC[C@@H]3[C@@H]2[C@@H](O)C[C@@]2(C)[C@H]3C[C@@H]3O[C@@]4(C[C@H](C)C(C)(C)O4)[C@](C)(O)[C@@H]32)C1. The molecule has 6 heteroatoms. The highest BCUT2D eigenvalue weighted by molar-refractivity contribution is 5.66. The molecule has 6 nitrogen and oxygen atoms in total. The van der Waals surface area contributed by atoms with Crippen LogP contribution in [0.15, 0.2) is 0 Å². The minimum atomic E-state index is -1.10. The zero-order valence-corrected chi connectivity index (χ0v) is 23.4. The number of hydrogen-bond donors (Lipinski definition) is 2. The van der Waals surface area contributed by atoms with Crippen LogP contribution in [0, 0.1) is 46.3 Å². The number of rotatable bonds is 1. The van der Waals surface area contributed by atoms with E-state index in [1.807, 2.05) is 6.92 Å². The summed E-state index contributed by atoms with van der Waals surface area (Å²) in [7, 11) is 0. The van der Waals surface area contributed by atoms with Gasteiger partial charge in [-0.05, 0) is 106 Å². The Bertz CT molecular complexity index is 930. The highest BCUT2D eigenvalue weighted by Crippen LogP contribution is 2.72. The summed E-state index contributed by atoms with van der Waals surface area (Å²) < 4.78 is 19.0. The van der Waals surface area contributed by atoms with E-state index in [4.69, 9.17) is 14.2 Å². The predicted molar refractivity (Wildman–Crippen MR) is 135 cm³/mol. The molecule has 2 aliphatic heterocycles. The average Bonchev–Trinajstić information content (AvgIpc) is 3.25. The fraction of sp³-hybridized carbons (Fsp3) is 0.967. The lowest BCUT2D eigenvalue weighted by Crippen LogP contribution is -2.62. The van der Waals surface area contributed by atoms with Gasteiger partial charge in [-0.1, -0.05) is 20.8 Å². The number of fused-ring (bicyclic) bond motifs is 7. The molecular formula is C30H48O6. The van der Waals surface area contributed by atoms with E-state index in [-0.39, 0.29) is 52.5 Å². The Morgan fingerprint density at radius 3 is 2.36 bits per heavy atom. The summed E-state index contributed by atoms with van der Waals surface area (Å²) in [6, 6.07) is 0. The lowest BCUT2D eigenvalue weighted by molar-refractivity contribution is -0.300. The number of aliphatic hydroxyl groups excluding tert-OH is 1. The number of aliphatic hydroxyl groups is 2. The van der Waals surface area contributed by atoms with Crippen molar-refractivity contribution >= 4 is 5.97 Å². The van der Waals surface area contributed by atoms with Gasteiger partial charge in [0, 0.05) is 19.3 Å². The van der Waals surface area contributed by atoms with Crippen LogP contribution in [0.5, 0.6) is 0 Å². The van der Waals surface area contributed by atoms with Gasteiger partial charge in [0.15, 0.2) is 5.79 Å². The van der Waals surface area contributed by atoms with E-state index in [1.54, 1.807) is 0 Å². The summed E-state index contributed by atoms with van der Waals surface area (Å²) in [6.45, 7) is 14.6. The Balaban J connectivity index is 1.28. The lowest BCUT2D eigenvalue weighted by atomic mass is 9.43. The molecular weight excluding hydrogens is 456 g/mol. The van der Waals surface area contributed by atoms with E-state index in [9.17, 15) is 15.0 Å². The van der Waals surface area contributed by atoms with E-state index >= 15 is 0 Å². The summed E-state index contributed by atoms with van der Waals surface area (Å²) in [5, 5.41) is 24.1. The van der Waals surface area contributed by atoms with Gasteiger partial charge in [-0.2, -0.15) is 0 Å². The molecule has 2 N–H and O–H groups in total. The number of esters is 1. The first-order valence-corrected chi connectivity index (χ1v) is 14.6. The van der Waals surface area contributed by atoms with Crippen LogP contribution < -0.4 is 0 Å². The Labute approximate surface area is 216 Å². The first kappa shape index (κ1) is 25.6. The minimum absolute atomic E-state index is 0.0201. The van der Waals surface area contributed by atoms with E-state index in [1.165, 1.54) is 6.92 Å². The maximum atomic E-state index is 12.2. The fourth-order valence-electron chi connectivity index (χ4n) is 11.0. The number of ether oxygens (including phenoxy) is 3. The molecule has 4 aliphatic carbocycles. The van der Waals surface area contributed by atoms with Gasteiger partial charge < -0.3 is 24.4 Å². The maximum Gasteiger partial charge on any atom is 0.302 e. The number of hydrogen-bond acceptors (Lipinski definition) is 6. The summed E-state index contributed by atoms with van der Waals surface area (Å²) in [4.78, 5) is 11.6. The van der Waals surface area contributed by atoms with Crippen LogP contribution in [0.2, 0.25) is 0 Å². The van der Waals surface area contributed by atoms with Crippen molar-refractivity contribution in [3.63, 3.8) is 0 Å². The van der Waals surface area contributed by atoms with E-state index in [2.05, 4.69) is 34.6 Å². The summed E-state index contributed by atoms with van der Waals surface area (Å²) in [5.41, 5.74) is -1.55. The summed E-state index contributed by atoms with van der Waals surface area (Å²) >= 11 is 0. The van der Waals surface area contributed by atoms with Crippen molar-refractivity contribution in [2.75, 3.05) is 0 Å². The zero-order chi connectivity index (χ0) is 26.1. The first-order valence-electron chi connectivity index (χ1n) is 14.6. The second kappa shape index (κ2) is 7.70. The van der Waals surface area contributed by atoms with Crippen molar-refractivity contribution in [1.82, 2.24) is 0 Å². The molecule has 1 spiro atoms. The second-order valence-electron chi connectivity index (χ2n) is 14.9. The molecule has 6 rings (SSSR count). The molecule has 6 aliphatic rings. The Hall–Kier alpha value is -0.690. The average molecular weight is 505 g/mol. The van der Waals surface area contributed by atoms with Crippen molar-refractivity contribution in [1.29, 1.82) is 0 Å². The largest absolute Gasteiger partial charge is 0.463 e. The van der Waals surface area contributed by atoms with Crippen LogP contribution in [-0.4, -0.2) is 51.5 Å². The topological polar surface area (TPSA) is 85.2 Å². The van der Waals surface area contributed by atoms with Crippen LogP contribution in [0.3, 0.4) is 0 Å². The third kappa shape index (κ3) is 3.20. The quantitative estimate of drug-likeness (QED) is 0.497. The molecule has 204 valence electrons. The minimum Gasteiger partial charge on any atom is -0.463 e. The van der Waals surface area contributed by atoms with Crippen LogP contribution in [-0.2, 0) is 19.0 Å². The van der Waals surface area contributed by atoms with Crippen LogP contribution in [0.1, 0.15) is 99.8 Å². The molecule has 2 saturated heterocycles. The maximum absolute atomic E-state index is 12.2. The summed E-state index contributed by atoms with van der Waals surface area (Å²) in [6.07, 6.45) is 7.00. The first-order chi connectivity index (χ1) is 16.6. The van der Waals surface area contributed by atoms with Crippen molar-refractivity contribution in [3.05, 3.63) is 0 Å². The third-order valence-corrected chi connectivity index (χ3v) is 12.8. The highest BCUT2D eigenvalue weighted by atomic mass is 16.7. The van der Waals surface area contributed by atoms with Gasteiger partial charge in [-0.25, -0.2) is 0 Å². The van der Waals surface area contributed by atoms with Gasteiger partial charge in [0.05, 0.1) is 17.8 Å².